The topological polar surface area (TPSA) is 107 Å². The largest absolute Gasteiger partial charge is 0.370 e. The van der Waals surface area contributed by atoms with Crippen LogP contribution in [0, 0.1) is 11.8 Å². The zero-order valence-electron chi connectivity index (χ0n) is 10.3. The SMILES string of the molecule is NCC#Cc1cc(C(=O)NCCOCC(N)=O)cs1. The van der Waals surface area contributed by atoms with Crippen LogP contribution in [0.2, 0.25) is 0 Å². The predicted octanol–water partition coefficient (Wildman–Crippen LogP) is -0.710. The van der Waals surface area contributed by atoms with Gasteiger partial charge in [0.1, 0.15) is 6.61 Å². The molecule has 0 spiro atoms. The van der Waals surface area contributed by atoms with Gasteiger partial charge >= 0.3 is 0 Å². The average molecular weight is 281 g/mol. The molecular weight excluding hydrogens is 266 g/mol. The number of nitrogens with one attached hydrogen (secondary N) is 1. The first kappa shape index (κ1) is 15.2. The van der Waals surface area contributed by atoms with Crippen molar-refractivity contribution in [3.63, 3.8) is 0 Å². The summed E-state index contributed by atoms with van der Waals surface area (Å²) in [4.78, 5) is 22.9. The summed E-state index contributed by atoms with van der Waals surface area (Å²) in [6.45, 7) is 0.689. The van der Waals surface area contributed by atoms with Gasteiger partial charge in [0.05, 0.1) is 23.6 Å². The third-order valence-electron chi connectivity index (χ3n) is 1.95. The molecule has 0 unspecified atom stereocenters. The fraction of sp³-hybridized carbons (Fsp3) is 0.333. The molecule has 0 saturated carbocycles. The molecule has 0 aliphatic rings. The van der Waals surface area contributed by atoms with Gasteiger partial charge in [0, 0.05) is 11.9 Å². The fourth-order valence-electron chi connectivity index (χ4n) is 1.17. The van der Waals surface area contributed by atoms with Crippen LogP contribution in [0.15, 0.2) is 11.4 Å². The molecule has 0 saturated heterocycles. The number of hydrogen-bond acceptors (Lipinski definition) is 5. The maximum absolute atomic E-state index is 11.7. The number of carbonyl (C=O) groups excluding carboxylic acids is 2. The van der Waals surface area contributed by atoms with Gasteiger partial charge in [0.25, 0.3) is 5.91 Å². The molecule has 2 amide bonds. The highest BCUT2D eigenvalue weighted by atomic mass is 32.1. The number of carbonyl (C=O) groups is 2. The molecular formula is C12H15N3O3S. The van der Waals surface area contributed by atoms with Crippen molar-refractivity contribution in [3.8, 4) is 11.8 Å². The maximum Gasteiger partial charge on any atom is 0.252 e. The van der Waals surface area contributed by atoms with Gasteiger partial charge in [-0.2, -0.15) is 0 Å². The van der Waals surface area contributed by atoms with Crippen molar-refractivity contribution < 1.29 is 14.3 Å². The Hall–Kier alpha value is -1.88. The summed E-state index contributed by atoms with van der Waals surface area (Å²) in [5.41, 5.74) is 10.7. The third-order valence-corrected chi connectivity index (χ3v) is 2.80. The van der Waals surface area contributed by atoms with Crippen LogP contribution in [-0.4, -0.2) is 38.1 Å². The lowest BCUT2D eigenvalue weighted by Gasteiger charge is -2.03. The Balaban J connectivity index is 2.33. The Morgan fingerprint density at radius 1 is 1.47 bits per heavy atom. The Labute approximate surface area is 115 Å². The van der Waals surface area contributed by atoms with Gasteiger partial charge < -0.3 is 21.5 Å². The van der Waals surface area contributed by atoms with Crippen molar-refractivity contribution >= 4 is 23.2 Å². The second kappa shape index (κ2) is 8.26. The molecule has 0 aliphatic carbocycles. The van der Waals surface area contributed by atoms with Gasteiger partial charge in [-0.3, -0.25) is 9.59 Å². The minimum Gasteiger partial charge on any atom is -0.370 e. The van der Waals surface area contributed by atoms with Crippen molar-refractivity contribution in [2.75, 3.05) is 26.3 Å². The summed E-state index contributed by atoms with van der Waals surface area (Å²) >= 11 is 1.38. The van der Waals surface area contributed by atoms with Crippen molar-refractivity contribution in [2.45, 2.75) is 0 Å². The summed E-state index contributed by atoms with van der Waals surface area (Å²) in [5.74, 6) is 4.83. The van der Waals surface area contributed by atoms with Crippen molar-refractivity contribution in [1.82, 2.24) is 5.32 Å². The monoisotopic (exact) mass is 281 g/mol. The number of rotatable bonds is 6. The van der Waals surface area contributed by atoms with E-state index in [0.29, 0.717) is 12.1 Å². The summed E-state index contributed by atoms with van der Waals surface area (Å²) in [7, 11) is 0. The first-order valence-electron chi connectivity index (χ1n) is 5.55. The fourth-order valence-corrected chi connectivity index (χ4v) is 1.93. The quantitative estimate of drug-likeness (QED) is 0.473. The molecule has 0 radical (unpaired) electrons. The highest BCUT2D eigenvalue weighted by Gasteiger charge is 2.07. The molecule has 102 valence electrons. The van der Waals surface area contributed by atoms with Crippen molar-refractivity contribution in [1.29, 1.82) is 0 Å². The molecule has 0 aliphatic heterocycles. The highest BCUT2D eigenvalue weighted by molar-refractivity contribution is 7.10. The van der Waals surface area contributed by atoms with E-state index in [0.717, 1.165) is 4.88 Å². The van der Waals surface area contributed by atoms with Crippen LogP contribution < -0.4 is 16.8 Å². The van der Waals surface area contributed by atoms with Crippen LogP contribution in [0.3, 0.4) is 0 Å². The van der Waals surface area contributed by atoms with Gasteiger partial charge in [-0.25, -0.2) is 0 Å². The van der Waals surface area contributed by atoms with E-state index in [2.05, 4.69) is 17.2 Å². The number of thiophene rings is 1. The molecule has 0 bridgehead atoms. The molecule has 0 fully saturated rings. The molecule has 5 N–H and O–H groups in total. The second-order valence-corrected chi connectivity index (χ2v) is 4.39. The van der Waals surface area contributed by atoms with E-state index >= 15 is 0 Å². The summed E-state index contributed by atoms with van der Waals surface area (Å²) in [6.07, 6.45) is 0. The lowest BCUT2D eigenvalue weighted by Crippen LogP contribution is -2.28. The molecule has 1 aromatic heterocycles. The normalized spacial score (nSPS) is 9.53. The third kappa shape index (κ3) is 6.01. The summed E-state index contributed by atoms with van der Waals surface area (Å²) in [6, 6.07) is 1.70. The van der Waals surface area contributed by atoms with Gasteiger partial charge in [-0.1, -0.05) is 11.8 Å². The molecule has 1 rings (SSSR count). The second-order valence-electron chi connectivity index (χ2n) is 3.48. The Bertz CT molecular complexity index is 502. The standard InChI is InChI=1S/C12H15N3O3S/c13-3-1-2-10-6-9(8-19-10)12(17)15-4-5-18-7-11(14)16/h6,8H,3-5,7,13H2,(H2,14,16)(H,15,17). The zero-order valence-corrected chi connectivity index (χ0v) is 11.1. The van der Waals surface area contributed by atoms with Crippen LogP contribution in [-0.2, 0) is 9.53 Å². The minimum absolute atomic E-state index is 0.146. The zero-order chi connectivity index (χ0) is 14.1. The van der Waals surface area contributed by atoms with E-state index < -0.39 is 5.91 Å². The summed E-state index contributed by atoms with van der Waals surface area (Å²) < 4.78 is 4.92. The first-order chi connectivity index (χ1) is 9.13. The minimum atomic E-state index is -0.535. The van der Waals surface area contributed by atoms with Crippen molar-refractivity contribution in [2.24, 2.45) is 11.5 Å². The van der Waals surface area contributed by atoms with Crippen molar-refractivity contribution in [3.05, 3.63) is 21.9 Å². The highest BCUT2D eigenvalue weighted by Crippen LogP contribution is 2.13. The number of hydrogen-bond donors (Lipinski definition) is 3. The first-order valence-corrected chi connectivity index (χ1v) is 6.43. The Kier molecular flexibility index (Phi) is 6.60. The van der Waals surface area contributed by atoms with Gasteiger partial charge in [-0.15, -0.1) is 11.3 Å². The summed E-state index contributed by atoms with van der Waals surface area (Å²) in [5, 5.41) is 4.38. The molecule has 1 aromatic rings. The molecule has 0 atom stereocenters. The lowest BCUT2D eigenvalue weighted by molar-refractivity contribution is -0.122. The molecule has 1 heterocycles. The number of primary amides is 1. The molecule has 19 heavy (non-hydrogen) atoms. The van der Waals surface area contributed by atoms with E-state index in [-0.39, 0.29) is 25.7 Å². The predicted molar refractivity (Wildman–Crippen MR) is 72.6 cm³/mol. The molecule has 7 heteroatoms. The van der Waals surface area contributed by atoms with Crippen LogP contribution in [0.25, 0.3) is 0 Å². The maximum atomic E-state index is 11.7. The van der Waals surface area contributed by atoms with Crippen LogP contribution in [0.4, 0.5) is 0 Å². The Morgan fingerprint density at radius 3 is 2.95 bits per heavy atom. The Morgan fingerprint density at radius 2 is 2.26 bits per heavy atom. The van der Waals surface area contributed by atoms with Gasteiger partial charge in [0.2, 0.25) is 5.91 Å². The van der Waals surface area contributed by atoms with E-state index in [1.165, 1.54) is 11.3 Å². The molecule has 6 nitrogen and oxygen atoms in total. The van der Waals surface area contributed by atoms with E-state index in [1.807, 2.05) is 0 Å². The lowest BCUT2D eigenvalue weighted by atomic mass is 10.3. The number of ether oxygens (including phenoxy) is 1. The number of amides is 2. The van der Waals surface area contributed by atoms with E-state index in [1.54, 1.807) is 11.4 Å². The van der Waals surface area contributed by atoms with Gasteiger partial charge in [-0.05, 0) is 6.07 Å². The van der Waals surface area contributed by atoms with Crippen LogP contribution in [0.5, 0.6) is 0 Å². The van der Waals surface area contributed by atoms with E-state index in [9.17, 15) is 9.59 Å². The smallest absolute Gasteiger partial charge is 0.252 e. The van der Waals surface area contributed by atoms with Crippen LogP contribution >= 0.6 is 11.3 Å². The van der Waals surface area contributed by atoms with Crippen LogP contribution in [0.1, 0.15) is 15.2 Å². The average Bonchev–Trinajstić information content (AvgIpc) is 2.84. The van der Waals surface area contributed by atoms with Gasteiger partial charge in [0.15, 0.2) is 0 Å². The van der Waals surface area contributed by atoms with E-state index in [4.69, 9.17) is 16.2 Å². The molecule has 0 aromatic carbocycles. The number of nitrogens with two attached hydrogens (primary N) is 2.